The van der Waals surface area contributed by atoms with E-state index in [0.717, 1.165) is 5.56 Å². The molecule has 0 aliphatic carbocycles. The first-order valence-corrected chi connectivity index (χ1v) is 9.93. The molecule has 0 aromatic heterocycles. The van der Waals surface area contributed by atoms with Crippen molar-refractivity contribution in [3.63, 3.8) is 0 Å². The van der Waals surface area contributed by atoms with Crippen molar-refractivity contribution in [3.05, 3.63) is 33.8 Å². The zero-order chi connectivity index (χ0) is 21.5. The summed E-state index contributed by atoms with van der Waals surface area (Å²) in [4.78, 5) is 24.8. The Morgan fingerprint density at radius 1 is 1.18 bits per heavy atom. The van der Waals surface area contributed by atoms with Crippen molar-refractivity contribution in [3.8, 4) is 0 Å². The Bertz CT molecular complexity index is 675. The maximum atomic E-state index is 12.7. The van der Waals surface area contributed by atoms with Gasteiger partial charge in [-0.1, -0.05) is 43.1 Å². The van der Waals surface area contributed by atoms with Crippen molar-refractivity contribution >= 4 is 35.2 Å². The zero-order valence-electron chi connectivity index (χ0n) is 17.3. The van der Waals surface area contributed by atoms with Crippen LogP contribution in [0.2, 0.25) is 10.0 Å². The second kappa shape index (κ2) is 10.9. The number of hydrogen-bond acceptors (Lipinski definition) is 4. The van der Waals surface area contributed by atoms with E-state index in [1.165, 1.54) is 7.11 Å². The number of carbonyl (C=O) groups excluding carboxylic acids is 2. The highest BCUT2D eigenvalue weighted by atomic mass is 35.5. The predicted octanol–water partition coefficient (Wildman–Crippen LogP) is 4.74. The van der Waals surface area contributed by atoms with E-state index in [0.29, 0.717) is 16.5 Å². The fourth-order valence-electron chi connectivity index (χ4n) is 2.55. The average Bonchev–Trinajstić information content (AvgIpc) is 2.53. The van der Waals surface area contributed by atoms with Gasteiger partial charge in [0.25, 0.3) is 0 Å². The Labute approximate surface area is 177 Å². The van der Waals surface area contributed by atoms with Crippen molar-refractivity contribution in [1.82, 2.24) is 10.6 Å². The van der Waals surface area contributed by atoms with Gasteiger partial charge in [0.2, 0.25) is 5.91 Å². The lowest BCUT2D eigenvalue weighted by molar-refractivity contribution is -0.124. The lowest BCUT2D eigenvalue weighted by Gasteiger charge is -2.25. The summed E-state index contributed by atoms with van der Waals surface area (Å²) in [6.45, 7) is 9.45. The van der Waals surface area contributed by atoms with Gasteiger partial charge in [-0.15, -0.1) is 0 Å². The molecule has 0 bridgehead atoms. The molecule has 0 heterocycles. The fourth-order valence-corrected chi connectivity index (χ4v) is 3.08. The summed E-state index contributed by atoms with van der Waals surface area (Å²) in [5.74, 6) is -0.110. The second-order valence-corrected chi connectivity index (χ2v) is 8.81. The molecule has 1 rings (SSSR count). The smallest absolute Gasteiger partial charge is 0.408 e. The van der Waals surface area contributed by atoms with E-state index in [-0.39, 0.29) is 18.4 Å². The predicted molar refractivity (Wildman–Crippen MR) is 112 cm³/mol. The lowest BCUT2D eigenvalue weighted by Crippen LogP contribution is -2.49. The van der Waals surface area contributed by atoms with Crippen LogP contribution in [0, 0.1) is 5.92 Å². The third kappa shape index (κ3) is 8.67. The minimum Gasteiger partial charge on any atom is -0.444 e. The number of rotatable bonds is 8. The van der Waals surface area contributed by atoms with Crippen LogP contribution in [0.15, 0.2) is 18.2 Å². The van der Waals surface area contributed by atoms with Gasteiger partial charge in [0.15, 0.2) is 0 Å². The molecule has 2 unspecified atom stereocenters. The number of amides is 2. The SMILES string of the molecule is COC(CNC(=O)C(CC(C)C)NC(=O)OC(C)(C)C)c1ccc(Cl)cc1Cl. The van der Waals surface area contributed by atoms with Crippen LogP contribution < -0.4 is 10.6 Å². The van der Waals surface area contributed by atoms with Crippen LogP contribution in [0.3, 0.4) is 0 Å². The molecule has 1 aromatic carbocycles. The van der Waals surface area contributed by atoms with Gasteiger partial charge >= 0.3 is 6.09 Å². The van der Waals surface area contributed by atoms with Gasteiger partial charge < -0.3 is 20.1 Å². The van der Waals surface area contributed by atoms with E-state index >= 15 is 0 Å². The summed E-state index contributed by atoms with van der Waals surface area (Å²) in [6, 6.07) is 4.38. The highest BCUT2D eigenvalue weighted by Gasteiger charge is 2.26. The molecule has 8 heteroatoms. The van der Waals surface area contributed by atoms with Gasteiger partial charge in [0.05, 0.1) is 0 Å². The van der Waals surface area contributed by atoms with Gasteiger partial charge in [-0.2, -0.15) is 0 Å². The normalized spacial score (nSPS) is 13.8. The number of ether oxygens (including phenoxy) is 2. The first kappa shape index (κ1) is 24.5. The first-order chi connectivity index (χ1) is 12.9. The fraction of sp³-hybridized carbons (Fsp3) is 0.600. The van der Waals surface area contributed by atoms with Crippen LogP contribution in [-0.2, 0) is 14.3 Å². The Kier molecular flexibility index (Phi) is 9.54. The number of carbonyl (C=O) groups is 2. The van der Waals surface area contributed by atoms with Gasteiger partial charge in [-0.05, 0) is 45.2 Å². The highest BCUT2D eigenvalue weighted by Crippen LogP contribution is 2.27. The first-order valence-electron chi connectivity index (χ1n) is 9.18. The molecule has 0 spiro atoms. The molecule has 0 saturated heterocycles. The number of alkyl carbamates (subject to hydrolysis) is 1. The van der Waals surface area contributed by atoms with Gasteiger partial charge in [0, 0.05) is 29.3 Å². The molecule has 6 nitrogen and oxygen atoms in total. The zero-order valence-corrected chi connectivity index (χ0v) is 18.8. The highest BCUT2D eigenvalue weighted by molar-refractivity contribution is 6.35. The van der Waals surface area contributed by atoms with Gasteiger partial charge in [0.1, 0.15) is 17.7 Å². The molecular weight excluding hydrogens is 403 g/mol. The third-order valence-corrected chi connectivity index (χ3v) is 4.33. The minimum absolute atomic E-state index is 0.196. The van der Waals surface area contributed by atoms with Crippen molar-refractivity contribution in [2.24, 2.45) is 5.92 Å². The van der Waals surface area contributed by atoms with Crippen molar-refractivity contribution in [2.45, 2.75) is 58.8 Å². The standard InChI is InChI=1S/C20H30Cl2N2O4/c1-12(2)9-16(24-19(26)28-20(3,4)5)18(25)23-11-17(27-6)14-8-7-13(21)10-15(14)22/h7-8,10,12,16-17H,9,11H2,1-6H3,(H,23,25)(H,24,26). The molecular formula is C20H30Cl2N2O4. The molecule has 0 fully saturated rings. The molecule has 1 aromatic rings. The summed E-state index contributed by atoms with van der Waals surface area (Å²) in [7, 11) is 1.53. The van der Waals surface area contributed by atoms with Crippen molar-refractivity contribution in [1.29, 1.82) is 0 Å². The van der Waals surface area contributed by atoms with Crippen LogP contribution in [0.4, 0.5) is 4.79 Å². The van der Waals surface area contributed by atoms with E-state index in [9.17, 15) is 9.59 Å². The van der Waals surface area contributed by atoms with Crippen molar-refractivity contribution < 1.29 is 19.1 Å². The number of nitrogens with one attached hydrogen (secondary N) is 2. The Morgan fingerprint density at radius 2 is 1.82 bits per heavy atom. The summed E-state index contributed by atoms with van der Waals surface area (Å²) in [6.07, 6.45) is -0.600. The molecule has 0 radical (unpaired) electrons. The van der Waals surface area contributed by atoms with E-state index in [1.54, 1.807) is 39.0 Å². The number of methoxy groups -OCH3 is 1. The molecule has 158 valence electrons. The van der Waals surface area contributed by atoms with Crippen LogP contribution in [0.1, 0.15) is 52.7 Å². The molecule has 2 N–H and O–H groups in total. The maximum Gasteiger partial charge on any atom is 0.408 e. The van der Waals surface area contributed by atoms with E-state index in [2.05, 4.69) is 10.6 Å². The largest absolute Gasteiger partial charge is 0.444 e. The Hall–Kier alpha value is -1.50. The number of hydrogen-bond donors (Lipinski definition) is 2. The van der Waals surface area contributed by atoms with E-state index in [1.807, 2.05) is 13.8 Å². The Balaban J connectivity index is 2.78. The summed E-state index contributed by atoms with van der Waals surface area (Å²) in [5, 5.41) is 6.45. The summed E-state index contributed by atoms with van der Waals surface area (Å²) in [5.41, 5.74) is 0.0736. The van der Waals surface area contributed by atoms with Crippen LogP contribution in [0.5, 0.6) is 0 Å². The molecule has 0 aliphatic heterocycles. The summed E-state index contributed by atoms with van der Waals surface area (Å²) >= 11 is 12.2. The Morgan fingerprint density at radius 3 is 2.32 bits per heavy atom. The number of benzene rings is 1. The molecule has 28 heavy (non-hydrogen) atoms. The monoisotopic (exact) mass is 432 g/mol. The average molecular weight is 433 g/mol. The van der Waals surface area contributed by atoms with Gasteiger partial charge in [-0.25, -0.2) is 4.79 Å². The molecule has 0 saturated carbocycles. The van der Waals surface area contributed by atoms with Crippen LogP contribution in [0.25, 0.3) is 0 Å². The van der Waals surface area contributed by atoms with Gasteiger partial charge in [-0.3, -0.25) is 4.79 Å². The lowest BCUT2D eigenvalue weighted by atomic mass is 10.0. The van der Waals surface area contributed by atoms with E-state index < -0.39 is 23.8 Å². The minimum atomic E-state index is -0.715. The van der Waals surface area contributed by atoms with Crippen LogP contribution >= 0.6 is 23.2 Å². The molecule has 2 amide bonds. The van der Waals surface area contributed by atoms with Crippen molar-refractivity contribution in [2.75, 3.05) is 13.7 Å². The molecule has 2 atom stereocenters. The molecule has 0 aliphatic rings. The van der Waals surface area contributed by atoms with Crippen LogP contribution in [-0.4, -0.2) is 37.3 Å². The topological polar surface area (TPSA) is 76.7 Å². The maximum absolute atomic E-state index is 12.7. The summed E-state index contributed by atoms with van der Waals surface area (Å²) < 4.78 is 10.7. The third-order valence-electron chi connectivity index (χ3n) is 3.77. The second-order valence-electron chi connectivity index (χ2n) is 7.96. The van der Waals surface area contributed by atoms with E-state index in [4.69, 9.17) is 32.7 Å². The number of halogens is 2. The quantitative estimate of drug-likeness (QED) is 0.621.